The van der Waals surface area contributed by atoms with Gasteiger partial charge < -0.3 is 19.3 Å². The maximum absolute atomic E-state index is 12.3. The molecule has 5 aliphatic rings. The molecule has 5 rings (SSSR count). The Labute approximate surface area is 121 Å². The lowest BCUT2D eigenvalue weighted by Gasteiger charge is -2.51. The van der Waals surface area contributed by atoms with Gasteiger partial charge in [0.25, 0.3) is 0 Å². The second-order valence-corrected chi connectivity index (χ2v) is 7.25. The van der Waals surface area contributed by atoms with Crippen LogP contribution in [-0.2, 0) is 23.8 Å². The van der Waals surface area contributed by atoms with E-state index in [0.717, 1.165) is 5.57 Å². The minimum absolute atomic E-state index is 0.269. The second kappa shape index (κ2) is 2.90. The summed E-state index contributed by atoms with van der Waals surface area (Å²) in [4.78, 5) is 24.7. The van der Waals surface area contributed by atoms with Gasteiger partial charge in [-0.2, -0.15) is 0 Å². The number of ether oxygens (including phenoxy) is 3. The topological polar surface area (TPSA) is 85.4 Å². The molecule has 2 saturated carbocycles. The van der Waals surface area contributed by atoms with Gasteiger partial charge in [-0.05, 0) is 13.8 Å². The molecule has 1 N–H and O–H groups in total. The molecule has 3 aliphatic heterocycles. The number of carbonyl (C=O) groups excluding carboxylic acids is 2. The van der Waals surface area contributed by atoms with Crippen LogP contribution in [0.5, 0.6) is 0 Å². The second-order valence-electron chi connectivity index (χ2n) is 7.25. The predicted molar refractivity (Wildman–Crippen MR) is 66.8 cm³/mol. The van der Waals surface area contributed by atoms with E-state index in [1.165, 1.54) is 0 Å². The van der Waals surface area contributed by atoms with E-state index < -0.39 is 46.7 Å². The van der Waals surface area contributed by atoms with Crippen molar-refractivity contribution < 1.29 is 28.9 Å². The minimum Gasteiger partial charge on any atom is -0.457 e. The standard InChI is InChI=1S/C15H16O6/c1-5(2)7-8-11(16)19-9(7)10-13(3)14(8,18)4-6-15(13,21-6)12(17)20-10/h6-10,18H,1,4H2,2-3H3/t6-,7-,8+,9+,10-,13+,14-,15+/m1/s1. The van der Waals surface area contributed by atoms with Crippen LogP contribution in [0, 0.1) is 17.3 Å². The molecular formula is C15H16O6. The van der Waals surface area contributed by atoms with Crippen molar-refractivity contribution in [3.8, 4) is 0 Å². The molecular weight excluding hydrogens is 276 g/mol. The molecule has 3 saturated heterocycles. The number of hydrogen-bond donors (Lipinski definition) is 1. The van der Waals surface area contributed by atoms with E-state index in [2.05, 4.69) is 6.58 Å². The first-order valence-electron chi connectivity index (χ1n) is 7.26. The molecule has 0 aromatic rings. The predicted octanol–water partition coefficient (Wildman–Crippen LogP) is -0.0620. The summed E-state index contributed by atoms with van der Waals surface area (Å²) in [5.41, 5.74) is -2.60. The van der Waals surface area contributed by atoms with Gasteiger partial charge in [-0.15, -0.1) is 0 Å². The van der Waals surface area contributed by atoms with Crippen LogP contribution in [0.4, 0.5) is 0 Å². The quantitative estimate of drug-likeness (QED) is 0.414. The summed E-state index contributed by atoms with van der Waals surface area (Å²) in [6, 6.07) is 0. The number of esters is 2. The molecule has 0 aromatic carbocycles. The van der Waals surface area contributed by atoms with Gasteiger partial charge >= 0.3 is 11.9 Å². The van der Waals surface area contributed by atoms with Gasteiger partial charge in [-0.3, -0.25) is 4.79 Å². The summed E-state index contributed by atoms with van der Waals surface area (Å²) in [5, 5.41) is 11.4. The molecule has 2 aliphatic carbocycles. The van der Waals surface area contributed by atoms with Crippen LogP contribution in [0.3, 0.4) is 0 Å². The van der Waals surface area contributed by atoms with Crippen LogP contribution < -0.4 is 0 Å². The lowest BCUT2D eigenvalue weighted by molar-refractivity contribution is -0.195. The molecule has 2 bridgehead atoms. The molecule has 3 heterocycles. The van der Waals surface area contributed by atoms with Crippen molar-refractivity contribution in [2.45, 2.75) is 49.8 Å². The minimum atomic E-state index is -1.35. The highest BCUT2D eigenvalue weighted by Crippen LogP contribution is 2.76. The Balaban J connectivity index is 1.78. The monoisotopic (exact) mass is 292 g/mol. The average molecular weight is 292 g/mol. The Morgan fingerprint density at radius 2 is 2.10 bits per heavy atom. The van der Waals surface area contributed by atoms with E-state index >= 15 is 0 Å². The Bertz CT molecular complexity index is 642. The summed E-state index contributed by atoms with van der Waals surface area (Å²) in [5.74, 6) is -1.86. The SMILES string of the molecule is C=C(C)[C@H]1[C@@H]2OC(=O)[C@H]1[C@]1(O)C[C@H]3O[C@]34C(=O)O[C@H]2[C@@]14C. The van der Waals surface area contributed by atoms with Crippen LogP contribution in [0.15, 0.2) is 12.2 Å². The van der Waals surface area contributed by atoms with Crippen molar-refractivity contribution in [2.75, 3.05) is 0 Å². The first kappa shape index (κ1) is 12.2. The largest absolute Gasteiger partial charge is 0.457 e. The third-order valence-electron chi connectivity index (χ3n) is 6.60. The third-order valence-corrected chi connectivity index (χ3v) is 6.60. The van der Waals surface area contributed by atoms with Gasteiger partial charge in [0.2, 0.25) is 5.60 Å². The van der Waals surface area contributed by atoms with Gasteiger partial charge in [0, 0.05) is 12.3 Å². The highest BCUT2D eigenvalue weighted by Gasteiger charge is 2.95. The molecule has 21 heavy (non-hydrogen) atoms. The van der Waals surface area contributed by atoms with Crippen LogP contribution in [-0.4, -0.2) is 46.6 Å². The van der Waals surface area contributed by atoms with E-state index in [1.54, 1.807) is 6.92 Å². The Kier molecular flexibility index (Phi) is 1.68. The van der Waals surface area contributed by atoms with Crippen molar-refractivity contribution in [2.24, 2.45) is 17.3 Å². The maximum Gasteiger partial charge on any atom is 0.342 e. The normalized spacial score (nSPS) is 62.0. The lowest BCUT2D eigenvalue weighted by Crippen LogP contribution is -2.66. The van der Waals surface area contributed by atoms with Crippen LogP contribution in [0.2, 0.25) is 0 Å². The molecule has 5 fully saturated rings. The fraction of sp³-hybridized carbons (Fsp3) is 0.733. The van der Waals surface area contributed by atoms with Crippen LogP contribution in [0.1, 0.15) is 20.3 Å². The summed E-state index contributed by atoms with van der Waals surface area (Å²) in [7, 11) is 0. The van der Waals surface area contributed by atoms with Gasteiger partial charge in [0.05, 0.1) is 16.9 Å². The maximum atomic E-state index is 12.3. The Morgan fingerprint density at radius 1 is 1.38 bits per heavy atom. The molecule has 6 nitrogen and oxygen atoms in total. The molecule has 0 unspecified atom stereocenters. The summed E-state index contributed by atoms with van der Waals surface area (Å²) >= 11 is 0. The van der Waals surface area contributed by atoms with Crippen molar-refractivity contribution in [3.05, 3.63) is 12.2 Å². The number of epoxide rings is 1. The fourth-order valence-electron chi connectivity index (χ4n) is 5.59. The fourth-order valence-corrected chi connectivity index (χ4v) is 5.59. The highest BCUT2D eigenvalue weighted by molar-refractivity contribution is 5.91. The Morgan fingerprint density at radius 3 is 2.76 bits per heavy atom. The molecule has 1 spiro atoms. The molecule has 112 valence electrons. The number of hydrogen-bond acceptors (Lipinski definition) is 6. The summed E-state index contributed by atoms with van der Waals surface area (Å²) in [6.07, 6.45) is -1.34. The first-order chi connectivity index (χ1) is 9.79. The van der Waals surface area contributed by atoms with Crippen molar-refractivity contribution >= 4 is 11.9 Å². The first-order valence-corrected chi connectivity index (χ1v) is 7.26. The van der Waals surface area contributed by atoms with Crippen molar-refractivity contribution in [3.63, 3.8) is 0 Å². The molecule has 0 radical (unpaired) electrons. The van der Waals surface area contributed by atoms with E-state index in [0.29, 0.717) is 0 Å². The number of aliphatic hydroxyl groups is 1. The van der Waals surface area contributed by atoms with Gasteiger partial charge in [-0.1, -0.05) is 12.2 Å². The van der Waals surface area contributed by atoms with Crippen molar-refractivity contribution in [1.82, 2.24) is 0 Å². The number of rotatable bonds is 1. The molecule has 0 amide bonds. The van der Waals surface area contributed by atoms with Crippen molar-refractivity contribution in [1.29, 1.82) is 0 Å². The van der Waals surface area contributed by atoms with E-state index in [9.17, 15) is 14.7 Å². The van der Waals surface area contributed by atoms with E-state index in [4.69, 9.17) is 14.2 Å². The van der Waals surface area contributed by atoms with Gasteiger partial charge in [0.1, 0.15) is 12.2 Å². The third kappa shape index (κ3) is 0.874. The zero-order valence-electron chi connectivity index (χ0n) is 11.8. The molecule has 8 atom stereocenters. The average Bonchev–Trinajstić information content (AvgIpc) is 2.86. The molecule has 0 aromatic heterocycles. The van der Waals surface area contributed by atoms with Gasteiger partial charge in [-0.25, -0.2) is 4.79 Å². The lowest BCUT2D eigenvalue weighted by atomic mass is 9.53. The zero-order valence-corrected chi connectivity index (χ0v) is 11.8. The smallest absolute Gasteiger partial charge is 0.342 e. The van der Waals surface area contributed by atoms with Gasteiger partial charge in [0.15, 0.2) is 6.10 Å². The summed E-state index contributed by atoms with van der Waals surface area (Å²) in [6.45, 7) is 7.55. The van der Waals surface area contributed by atoms with Crippen LogP contribution in [0.25, 0.3) is 0 Å². The number of fused-ring (bicyclic) bond motifs is 4. The zero-order chi connectivity index (χ0) is 14.9. The number of carbonyl (C=O) groups is 2. The summed E-state index contributed by atoms with van der Waals surface area (Å²) < 4.78 is 16.6. The highest BCUT2D eigenvalue weighted by atomic mass is 16.7. The van der Waals surface area contributed by atoms with E-state index in [-0.39, 0.29) is 18.4 Å². The van der Waals surface area contributed by atoms with Crippen LogP contribution >= 0.6 is 0 Å². The molecule has 6 heteroatoms. The van der Waals surface area contributed by atoms with E-state index in [1.807, 2.05) is 6.92 Å². The Hall–Kier alpha value is -1.40.